The molecule has 0 radical (unpaired) electrons. The number of carbonyl (C=O) groups is 1. The molecule has 0 saturated carbocycles. The van der Waals surface area contributed by atoms with E-state index in [1.807, 2.05) is 6.07 Å². The van der Waals surface area contributed by atoms with Crippen molar-refractivity contribution in [3.63, 3.8) is 0 Å². The third-order valence-corrected chi connectivity index (χ3v) is 3.27. The first-order chi connectivity index (χ1) is 8.23. The Bertz CT molecular complexity index is 495. The van der Waals surface area contributed by atoms with E-state index < -0.39 is 11.7 Å². The maximum atomic E-state index is 11.7. The second-order valence-electron chi connectivity index (χ2n) is 4.55. The molecule has 6 heteroatoms. The Morgan fingerprint density at radius 3 is 2.56 bits per heavy atom. The average molecular weight is 423 g/mol. The van der Waals surface area contributed by atoms with E-state index in [1.165, 1.54) is 0 Å². The van der Waals surface area contributed by atoms with Crippen molar-refractivity contribution in [3.8, 4) is 6.07 Å². The largest absolute Gasteiger partial charge is 0.444 e. The fraction of sp³-hybridized carbons (Fsp3) is 0.333. The number of ether oxygens (including phenoxy) is 1. The summed E-state index contributed by atoms with van der Waals surface area (Å²) in [6.07, 6.45) is -0.522. The number of benzene rings is 1. The number of halogens is 2. The summed E-state index contributed by atoms with van der Waals surface area (Å²) in [5.41, 5.74) is 0.582. The van der Waals surface area contributed by atoms with E-state index in [4.69, 9.17) is 10.00 Å². The lowest BCUT2D eigenvalue weighted by Crippen LogP contribution is -2.27. The molecule has 0 aromatic heterocycles. The van der Waals surface area contributed by atoms with Crippen LogP contribution < -0.4 is 5.32 Å². The molecule has 96 valence electrons. The summed E-state index contributed by atoms with van der Waals surface area (Å²) in [4.78, 5) is 11.7. The number of amides is 1. The van der Waals surface area contributed by atoms with Crippen LogP contribution >= 0.6 is 38.5 Å². The van der Waals surface area contributed by atoms with Gasteiger partial charge in [0.25, 0.3) is 0 Å². The van der Waals surface area contributed by atoms with E-state index in [9.17, 15) is 4.79 Å². The Balaban J connectivity index is 2.93. The SMILES string of the molecule is CC(C)(C)OC(=O)Nc1c(Br)cc(C#N)cc1I. The van der Waals surface area contributed by atoms with Crippen molar-refractivity contribution in [3.05, 3.63) is 25.7 Å². The van der Waals surface area contributed by atoms with Crippen molar-refractivity contribution in [2.45, 2.75) is 26.4 Å². The van der Waals surface area contributed by atoms with Gasteiger partial charge in [0.1, 0.15) is 5.60 Å². The van der Waals surface area contributed by atoms with Gasteiger partial charge in [0, 0.05) is 8.04 Å². The predicted octanol–water partition coefficient (Wildman–Crippen LogP) is 4.27. The smallest absolute Gasteiger partial charge is 0.412 e. The van der Waals surface area contributed by atoms with Gasteiger partial charge in [-0.15, -0.1) is 0 Å². The minimum atomic E-state index is -0.547. The average Bonchev–Trinajstić information content (AvgIpc) is 2.20. The second kappa shape index (κ2) is 5.89. The topological polar surface area (TPSA) is 62.1 Å². The number of nitrogens with one attached hydrogen (secondary N) is 1. The highest BCUT2D eigenvalue weighted by atomic mass is 127. The Labute approximate surface area is 128 Å². The van der Waals surface area contributed by atoms with Crippen LogP contribution in [0.4, 0.5) is 10.5 Å². The molecule has 1 N–H and O–H groups in total. The fourth-order valence-corrected chi connectivity index (χ4v) is 2.85. The summed E-state index contributed by atoms with van der Waals surface area (Å²) in [6, 6.07) is 5.39. The van der Waals surface area contributed by atoms with Crippen LogP contribution in [-0.4, -0.2) is 11.7 Å². The van der Waals surface area contributed by atoms with Crippen LogP contribution in [0.5, 0.6) is 0 Å². The van der Waals surface area contributed by atoms with Crippen LogP contribution in [0.1, 0.15) is 26.3 Å². The Kier molecular flexibility index (Phi) is 4.99. The van der Waals surface area contributed by atoms with Crippen LogP contribution in [-0.2, 0) is 4.74 Å². The number of carbonyl (C=O) groups excluding carboxylic acids is 1. The minimum absolute atomic E-state index is 0.522. The van der Waals surface area contributed by atoms with Gasteiger partial charge in [-0.3, -0.25) is 5.32 Å². The van der Waals surface area contributed by atoms with Gasteiger partial charge in [-0.2, -0.15) is 5.26 Å². The highest BCUT2D eigenvalue weighted by molar-refractivity contribution is 14.1. The Morgan fingerprint density at radius 2 is 2.11 bits per heavy atom. The molecule has 0 aliphatic carbocycles. The van der Waals surface area contributed by atoms with E-state index in [1.54, 1.807) is 32.9 Å². The van der Waals surface area contributed by atoms with Crippen molar-refractivity contribution in [1.82, 2.24) is 0 Å². The molecule has 0 saturated heterocycles. The van der Waals surface area contributed by atoms with E-state index in [-0.39, 0.29) is 0 Å². The zero-order valence-corrected chi connectivity index (χ0v) is 13.9. The molecule has 1 rings (SSSR count). The molecule has 4 nitrogen and oxygen atoms in total. The molecule has 0 atom stereocenters. The molecule has 0 spiro atoms. The molecule has 1 amide bonds. The summed E-state index contributed by atoms with van der Waals surface area (Å²) >= 11 is 5.37. The van der Waals surface area contributed by atoms with Crippen LogP contribution in [0.3, 0.4) is 0 Å². The standard InChI is InChI=1S/C12H12BrIN2O2/c1-12(2,3)18-11(17)16-10-8(13)4-7(6-15)5-9(10)14/h4-5H,1-3H3,(H,16,17). The molecule has 0 aliphatic heterocycles. The highest BCUT2D eigenvalue weighted by Gasteiger charge is 2.18. The zero-order valence-electron chi connectivity index (χ0n) is 10.2. The normalized spacial score (nSPS) is 10.7. The van der Waals surface area contributed by atoms with Gasteiger partial charge in [0.2, 0.25) is 0 Å². The van der Waals surface area contributed by atoms with E-state index in [2.05, 4.69) is 43.8 Å². The van der Waals surface area contributed by atoms with Gasteiger partial charge >= 0.3 is 6.09 Å². The Morgan fingerprint density at radius 1 is 1.50 bits per heavy atom. The molecule has 0 unspecified atom stereocenters. The van der Waals surface area contributed by atoms with Gasteiger partial charge in [-0.25, -0.2) is 4.79 Å². The van der Waals surface area contributed by atoms with Crippen molar-refractivity contribution >= 4 is 50.3 Å². The summed E-state index contributed by atoms with van der Waals surface area (Å²) < 4.78 is 6.59. The quantitative estimate of drug-likeness (QED) is 0.687. The number of hydrogen-bond donors (Lipinski definition) is 1. The predicted molar refractivity (Wildman–Crippen MR) is 81.4 cm³/mol. The third-order valence-electron chi connectivity index (χ3n) is 1.80. The first-order valence-corrected chi connectivity index (χ1v) is 6.99. The van der Waals surface area contributed by atoms with Crippen LogP contribution in [0, 0.1) is 14.9 Å². The summed E-state index contributed by atoms with van der Waals surface area (Å²) in [5.74, 6) is 0. The van der Waals surface area contributed by atoms with Crippen molar-refractivity contribution in [2.24, 2.45) is 0 Å². The number of hydrogen-bond acceptors (Lipinski definition) is 3. The number of nitrogens with zero attached hydrogens (tertiary/aromatic N) is 1. The van der Waals surface area contributed by atoms with E-state index >= 15 is 0 Å². The number of rotatable bonds is 1. The van der Waals surface area contributed by atoms with E-state index in [0.717, 1.165) is 3.57 Å². The zero-order chi connectivity index (χ0) is 13.9. The summed E-state index contributed by atoms with van der Waals surface area (Å²) in [5, 5.41) is 11.5. The first kappa shape index (κ1) is 15.2. The summed E-state index contributed by atoms with van der Waals surface area (Å²) in [7, 11) is 0. The molecular weight excluding hydrogens is 411 g/mol. The van der Waals surface area contributed by atoms with Crippen molar-refractivity contribution in [1.29, 1.82) is 5.26 Å². The maximum Gasteiger partial charge on any atom is 0.412 e. The fourth-order valence-electron chi connectivity index (χ4n) is 1.16. The highest BCUT2D eigenvalue weighted by Crippen LogP contribution is 2.29. The van der Waals surface area contributed by atoms with Crippen molar-refractivity contribution < 1.29 is 9.53 Å². The lowest BCUT2D eigenvalue weighted by atomic mass is 10.2. The Hall–Kier alpha value is -0.810. The van der Waals surface area contributed by atoms with Crippen LogP contribution in [0.15, 0.2) is 16.6 Å². The van der Waals surface area contributed by atoms with Gasteiger partial charge in [0.15, 0.2) is 0 Å². The van der Waals surface area contributed by atoms with Crippen molar-refractivity contribution in [2.75, 3.05) is 5.32 Å². The maximum absolute atomic E-state index is 11.7. The lowest BCUT2D eigenvalue weighted by molar-refractivity contribution is 0.0635. The van der Waals surface area contributed by atoms with Gasteiger partial charge in [0.05, 0.1) is 17.3 Å². The lowest BCUT2D eigenvalue weighted by Gasteiger charge is -2.20. The molecule has 18 heavy (non-hydrogen) atoms. The molecule has 0 aliphatic rings. The molecule has 0 heterocycles. The first-order valence-electron chi connectivity index (χ1n) is 5.12. The summed E-state index contributed by atoms with van der Waals surface area (Å²) in [6.45, 7) is 5.39. The van der Waals surface area contributed by atoms with Gasteiger partial charge < -0.3 is 4.74 Å². The van der Waals surface area contributed by atoms with Gasteiger partial charge in [-0.05, 0) is 71.4 Å². The molecule has 0 bridgehead atoms. The van der Waals surface area contributed by atoms with E-state index in [0.29, 0.717) is 15.7 Å². The number of nitriles is 1. The van der Waals surface area contributed by atoms with Gasteiger partial charge in [-0.1, -0.05) is 0 Å². The molecule has 0 fully saturated rings. The van der Waals surface area contributed by atoms with Crippen LogP contribution in [0.2, 0.25) is 0 Å². The number of anilines is 1. The molecular formula is C12H12BrIN2O2. The molecule has 1 aromatic carbocycles. The molecule has 1 aromatic rings. The second-order valence-corrected chi connectivity index (χ2v) is 6.57. The third kappa shape index (κ3) is 4.46. The minimum Gasteiger partial charge on any atom is -0.444 e. The van der Waals surface area contributed by atoms with Crippen LogP contribution in [0.25, 0.3) is 0 Å². The monoisotopic (exact) mass is 422 g/mol.